The van der Waals surface area contributed by atoms with Crippen molar-refractivity contribution < 1.29 is 0 Å². The van der Waals surface area contributed by atoms with Crippen LogP contribution in [-0.2, 0) is 6.42 Å². The van der Waals surface area contributed by atoms with Gasteiger partial charge in [0.05, 0.1) is 5.39 Å². The Morgan fingerprint density at radius 3 is 2.67 bits per heavy atom. The molecule has 0 radical (unpaired) electrons. The molecule has 0 aliphatic heterocycles. The number of aromatic amines is 1. The molecule has 0 atom stereocenters. The Morgan fingerprint density at radius 1 is 1.22 bits per heavy atom. The fourth-order valence-electron chi connectivity index (χ4n) is 1.90. The summed E-state index contributed by atoms with van der Waals surface area (Å²) in [4.78, 5) is 12.4. The summed E-state index contributed by atoms with van der Waals surface area (Å²) >= 11 is 0. The molecule has 0 saturated heterocycles. The normalized spacial score (nSPS) is 11.7. The highest BCUT2D eigenvalue weighted by Crippen LogP contribution is 2.20. The molecule has 2 aromatic rings. The molecule has 2 N–H and O–H groups in total. The van der Waals surface area contributed by atoms with Crippen LogP contribution in [0.2, 0.25) is 0 Å². The molecule has 2 rings (SSSR count). The summed E-state index contributed by atoms with van der Waals surface area (Å²) in [7, 11) is 0. The minimum atomic E-state index is 0.371. The van der Waals surface area contributed by atoms with Crippen molar-refractivity contribution in [2.45, 2.75) is 46.6 Å². The minimum absolute atomic E-state index is 0.371. The van der Waals surface area contributed by atoms with Gasteiger partial charge in [0.15, 0.2) is 0 Å². The lowest BCUT2D eigenvalue weighted by Crippen LogP contribution is -2.13. The van der Waals surface area contributed by atoms with Gasteiger partial charge in [0, 0.05) is 18.7 Å². The number of rotatable bonds is 5. The Hall–Kier alpha value is -1.58. The van der Waals surface area contributed by atoms with Gasteiger partial charge in [0.25, 0.3) is 0 Å². The highest BCUT2D eigenvalue weighted by molar-refractivity contribution is 5.87. The van der Waals surface area contributed by atoms with E-state index in [2.05, 4.69) is 48.0 Å². The van der Waals surface area contributed by atoms with Gasteiger partial charge in [-0.3, -0.25) is 0 Å². The van der Waals surface area contributed by atoms with E-state index >= 15 is 0 Å². The third-order valence-electron chi connectivity index (χ3n) is 2.83. The first-order valence-corrected chi connectivity index (χ1v) is 6.66. The molecule has 0 saturated carbocycles. The third-order valence-corrected chi connectivity index (χ3v) is 2.83. The first-order valence-electron chi connectivity index (χ1n) is 6.66. The van der Waals surface area contributed by atoms with Crippen molar-refractivity contribution >= 4 is 16.9 Å². The van der Waals surface area contributed by atoms with E-state index in [1.165, 1.54) is 0 Å². The molecule has 0 spiro atoms. The van der Waals surface area contributed by atoms with Crippen LogP contribution in [0.15, 0.2) is 12.3 Å². The molecule has 4 heteroatoms. The van der Waals surface area contributed by atoms with E-state index in [-0.39, 0.29) is 0 Å². The van der Waals surface area contributed by atoms with E-state index in [1.807, 2.05) is 12.3 Å². The van der Waals surface area contributed by atoms with Crippen molar-refractivity contribution in [3.63, 3.8) is 0 Å². The van der Waals surface area contributed by atoms with Crippen molar-refractivity contribution in [2.75, 3.05) is 5.32 Å². The molecule has 2 aromatic heterocycles. The molecule has 0 aromatic carbocycles. The molecule has 0 bridgehead atoms. The fourth-order valence-corrected chi connectivity index (χ4v) is 1.90. The van der Waals surface area contributed by atoms with Gasteiger partial charge in [-0.1, -0.05) is 13.8 Å². The van der Waals surface area contributed by atoms with Crippen LogP contribution in [0.25, 0.3) is 11.0 Å². The highest BCUT2D eigenvalue weighted by atomic mass is 15.1. The molecule has 2 heterocycles. The molecule has 0 fully saturated rings. The summed E-state index contributed by atoms with van der Waals surface area (Å²) in [5.41, 5.74) is 0.923. The van der Waals surface area contributed by atoms with Crippen LogP contribution in [0.1, 0.15) is 39.9 Å². The fraction of sp³-hybridized carbons (Fsp3) is 0.571. The predicted octanol–water partition coefficient (Wildman–Crippen LogP) is 3.37. The van der Waals surface area contributed by atoms with E-state index in [0.29, 0.717) is 12.0 Å². The van der Waals surface area contributed by atoms with E-state index in [9.17, 15) is 0 Å². The first-order chi connectivity index (χ1) is 8.56. The largest absolute Gasteiger partial charge is 0.367 e. The van der Waals surface area contributed by atoms with Crippen LogP contribution in [0.5, 0.6) is 0 Å². The highest BCUT2D eigenvalue weighted by Gasteiger charge is 2.09. The lowest BCUT2D eigenvalue weighted by Gasteiger charge is -2.12. The van der Waals surface area contributed by atoms with E-state index < -0.39 is 0 Å². The van der Waals surface area contributed by atoms with Crippen molar-refractivity contribution in [2.24, 2.45) is 5.92 Å². The lowest BCUT2D eigenvalue weighted by atomic mass is 10.1. The summed E-state index contributed by atoms with van der Waals surface area (Å²) in [6.45, 7) is 8.68. The average Bonchev–Trinajstić information content (AvgIpc) is 2.73. The van der Waals surface area contributed by atoms with Crippen LogP contribution in [-0.4, -0.2) is 21.0 Å². The molecular weight excluding hydrogens is 224 g/mol. The summed E-state index contributed by atoms with van der Waals surface area (Å²) < 4.78 is 0. The van der Waals surface area contributed by atoms with Gasteiger partial charge in [-0.15, -0.1) is 0 Å². The van der Waals surface area contributed by atoms with Gasteiger partial charge in [0.1, 0.15) is 17.3 Å². The molecule has 4 nitrogen and oxygen atoms in total. The standard InChI is InChI=1S/C14H22N4/c1-9(2)5-6-12-17-13-11(7-8-15-13)14(18-12)16-10(3)4/h7-10H,5-6H2,1-4H3,(H2,15,16,17,18). The first kappa shape index (κ1) is 12.9. The number of aryl methyl sites for hydroxylation is 1. The summed E-state index contributed by atoms with van der Waals surface area (Å²) in [6.07, 6.45) is 3.96. The monoisotopic (exact) mass is 246 g/mol. The van der Waals surface area contributed by atoms with Crippen LogP contribution >= 0.6 is 0 Å². The smallest absolute Gasteiger partial charge is 0.143 e. The van der Waals surface area contributed by atoms with Crippen LogP contribution in [0.4, 0.5) is 5.82 Å². The predicted molar refractivity (Wildman–Crippen MR) is 75.8 cm³/mol. The number of nitrogens with one attached hydrogen (secondary N) is 2. The van der Waals surface area contributed by atoms with Crippen LogP contribution in [0, 0.1) is 5.92 Å². The quantitative estimate of drug-likeness (QED) is 0.850. The second-order valence-corrected chi connectivity index (χ2v) is 5.46. The third kappa shape index (κ3) is 3.00. The Bertz CT molecular complexity index is 513. The van der Waals surface area contributed by atoms with Gasteiger partial charge in [-0.05, 0) is 32.3 Å². The SMILES string of the molecule is CC(C)CCc1nc(NC(C)C)c2cc[nH]c2n1. The van der Waals surface area contributed by atoms with E-state index in [1.54, 1.807) is 0 Å². The van der Waals surface area contributed by atoms with Gasteiger partial charge in [-0.25, -0.2) is 9.97 Å². The van der Waals surface area contributed by atoms with Gasteiger partial charge >= 0.3 is 0 Å². The number of hydrogen-bond acceptors (Lipinski definition) is 3. The Balaban J connectivity index is 2.31. The summed E-state index contributed by atoms with van der Waals surface area (Å²) in [6, 6.07) is 2.39. The molecule has 0 aliphatic rings. The van der Waals surface area contributed by atoms with Gasteiger partial charge < -0.3 is 10.3 Å². The van der Waals surface area contributed by atoms with E-state index in [4.69, 9.17) is 0 Å². The maximum atomic E-state index is 4.64. The van der Waals surface area contributed by atoms with Gasteiger partial charge in [0.2, 0.25) is 0 Å². The topological polar surface area (TPSA) is 53.6 Å². The van der Waals surface area contributed by atoms with Crippen LogP contribution in [0.3, 0.4) is 0 Å². The number of H-pyrrole nitrogens is 1. The molecule has 0 aliphatic carbocycles. The second kappa shape index (κ2) is 5.38. The van der Waals surface area contributed by atoms with Crippen LogP contribution < -0.4 is 5.32 Å². The number of fused-ring (bicyclic) bond motifs is 1. The summed E-state index contributed by atoms with van der Waals surface area (Å²) in [5, 5.41) is 4.46. The maximum Gasteiger partial charge on any atom is 0.143 e. The Kier molecular flexibility index (Phi) is 3.84. The molecule has 18 heavy (non-hydrogen) atoms. The molecular formula is C14H22N4. The van der Waals surface area contributed by atoms with Crippen molar-refractivity contribution in [1.82, 2.24) is 15.0 Å². The van der Waals surface area contributed by atoms with Crippen molar-refractivity contribution in [1.29, 1.82) is 0 Å². The number of hydrogen-bond donors (Lipinski definition) is 2. The van der Waals surface area contributed by atoms with Gasteiger partial charge in [-0.2, -0.15) is 0 Å². The number of aromatic nitrogens is 3. The lowest BCUT2D eigenvalue weighted by molar-refractivity contribution is 0.575. The molecule has 0 unspecified atom stereocenters. The zero-order valence-electron chi connectivity index (χ0n) is 11.6. The summed E-state index contributed by atoms with van der Waals surface area (Å²) in [5.74, 6) is 2.53. The van der Waals surface area contributed by atoms with Crippen molar-refractivity contribution in [3.8, 4) is 0 Å². The second-order valence-electron chi connectivity index (χ2n) is 5.46. The van der Waals surface area contributed by atoms with E-state index in [0.717, 1.165) is 35.5 Å². The Labute approximate surface area is 108 Å². The molecule has 0 amide bonds. The number of anilines is 1. The average molecular weight is 246 g/mol. The maximum absolute atomic E-state index is 4.64. The molecule has 98 valence electrons. The number of nitrogens with zero attached hydrogens (tertiary/aromatic N) is 2. The zero-order chi connectivity index (χ0) is 13.1. The Morgan fingerprint density at radius 2 is 2.00 bits per heavy atom. The van der Waals surface area contributed by atoms with Crippen molar-refractivity contribution in [3.05, 3.63) is 18.1 Å². The minimum Gasteiger partial charge on any atom is -0.367 e. The zero-order valence-corrected chi connectivity index (χ0v) is 11.6.